The number of amides is 2. The maximum atomic E-state index is 13.3. The number of nitrogens with one attached hydrogen (secondary N) is 2. The summed E-state index contributed by atoms with van der Waals surface area (Å²) in [5.41, 5.74) is 5.27. The highest BCUT2D eigenvalue weighted by Gasteiger charge is 2.33. The van der Waals surface area contributed by atoms with Crippen molar-refractivity contribution < 1.29 is 14.3 Å². The fraction of sp³-hybridized carbons (Fsp3) is 0.462. The van der Waals surface area contributed by atoms with E-state index in [2.05, 4.69) is 26.3 Å². The largest absolute Gasteiger partial charge is 0.493 e. The number of aromatic nitrogens is 3. The van der Waals surface area contributed by atoms with Crippen molar-refractivity contribution >= 4 is 22.8 Å². The third kappa shape index (κ3) is 4.24. The number of likely N-dealkylation sites (tertiary alicyclic amines) is 1. The van der Waals surface area contributed by atoms with E-state index in [4.69, 9.17) is 4.74 Å². The van der Waals surface area contributed by atoms with E-state index in [1.807, 2.05) is 32.9 Å². The Morgan fingerprint density at radius 2 is 2.03 bits per heavy atom. The first-order chi connectivity index (χ1) is 16.3. The van der Waals surface area contributed by atoms with Gasteiger partial charge in [-0.2, -0.15) is 0 Å². The van der Waals surface area contributed by atoms with E-state index in [1.54, 1.807) is 11.8 Å². The molecular formula is C26H31N5O3. The van der Waals surface area contributed by atoms with Gasteiger partial charge in [-0.05, 0) is 58.1 Å². The average Bonchev–Trinajstić information content (AvgIpc) is 3.45. The number of H-pyrrole nitrogens is 1. The highest BCUT2D eigenvalue weighted by molar-refractivity contribution is 6.09. The smallest absolute Gasteiger partial charge is 0.255 e. The highest BCUT2D eigenvalue weighted by atomic mass is 16.5. The average molecular weight is 462 g/mol. The standard InChI is InChI=1S/C26H31N5O3/c1-14-5-8-21(34-12-18-6-7-18)20(9-14)23-25-24(28-13-27-23)22(16(3)29-25)26(33)30-19-10-15(2)31(11-19)17(4)32/h5,8-9,13,15,18-19,29H,6-7,10-12H2,1-4H3,(H,30,33)/t15-,19-/m1/s1. The number of rotatable bonds is 6. The summed E-state index contributed by atoms with van der Waals surface area (Å²) < 4.78 is 6.15. The Bertz CT molecular complexity index is 1260. The van der Waals surface area contributed by atoms with Crippen LogP contribution in [-0.2, 0) is 4.79 Å². The van der Waals surface area contributed by atoms with E-state index in [9.17, 15) is 9.59 Å². The first-order valence-electron chi connectivity index (χ1n) is 12.0. The monoisotopic (exact) mass is 461 g/mol. The minimum absolute atomic E-state index is 0.0303. The van der Waals surface area contributed by atoms with E-state index in [0.717, 1.165) is 40.2 Å². The molecule has 1 aliphatic carbocycles. The summed E-state index contributed by atoms with van der Waals surface area (Å²) in [4.78, 5) is 39.4. The zero-order chi connectivity index (χ0) is 24.0. The van der Waals surface area contributed by atoms with Gasteiger partial charge in [0.1, 0.15) is 23.3 Å². The quantitative estimate of drug-likeness (QED) is 0.582. The number of benzene rings is 1. The van der Waals surface area contributed by atoms with Gasteiger partial charge in [0.2, 0.25) is 5.91 Å². The van der Waals surface area contributed by atoms with Crippen LogP contribution in [0.5, 0.6) is 5.75 Å². The molecule has 2 aliphatic rings. The number of ether oxygens (including phenoxy) is 1. The molecule has 8 heteroatoms. The van der Waals surface area contributed by atoms with Crippen LogP contribution < -0.4 is 10.1 Å². The molecule has 0 bridgehead atoms. The molecule has 8 nitrogen and oxygen atoms in total. The van der Waals surface area contributed by atoms with Crippen molar-refractivity contribution in [3.05, 3.63) is 41.3 Å². The lowest BCUT2D eigenvalue weighted by Gasteiger charge is -2.18. The lowest BCUT2D eigenvalue weighted by atomic mass is 10.1. The second-order valence-electron chi connectivity index (χ2n) is 9.75. The summed E-state index contributed by atoms with van der Waals surface area (Å²) in [6, 6.07) is 6.12. The Kier molecular flexibility index (Phi) is 5.75. The van der Waals surface area contributed by atoms with E-state index in [1.165, 1.54) is 19.2 Å². The molecule has 1 saturated heterocycles. The van der Waals surface area contributed by atoms with Crippen LogP contribution in [0.15, 0.2) is 24.5 Å². The van der Waals surface area contributed by atoms with Crippen molar-refractivity contribution in [2.75, 3.05) is 13.2 Å². The van der Waals surface area contributed by atoms with Crippen LogP contribution in [0.2, 0.25) is 0 Å². The Morgan fingerprint density at radius 3 is 2.74 bits per heavy atom. The number of hydrogen-bond acceptors (Lipinski definition) is 5. The summed E-state index contributed by atoms with van der Waals surface area (Å²) in [5.74, 6) is 1.27. The van der Waals surface area contributed by atoms with Crippen molar-refractivity contribution in [3.8, 4) is 17.0 Å². The van der Waals surface area contributed by atoms with Crippen molar-refractivity contribution in [2.24, 2.45) is 5.92 Å². The third-order valence-corrected chi connectivity index (χ3v) is 6.87. The van der Waals surface area contributed by atoms with E-state index in [0.29, 0.717) is 30.1 Å². The molecule has 5 rings (SSSR count). The lowest BCUT2D eigenvalue weighted by molar-refractivity contribution is -0.129. The molecule has 2 aromatic heterocycles. The van der Waals surface area contributed by atoms with E-state index < -0.39 is 0 Å². The molecule has 0 unspecified atom stereocenters. The minimum atomic E-state index is -0.189. The summed E-state index contributed by atoms with van der Waals surface area (Å²) in [6.45, 7) is 8.72. The normalized spacial score (nSPS) is 20.1. The minimum Gasteiger partial charge on any atom is -0.493 e. The number of carbonyl (C=O) groups is 2. The predicted octanol–water partition coefficient (Wildman–Crippen LogP) is 3.77. The molecular weight excluding hydrogens is 430 g/mol. The number of fused-ring (bicyclic) bond motifs is 1. The van der Waals surface area contributed by atoms with Gasteiger partial charge in [-0.15, -0.1) is 0 Å². The Hall–Kier alpha value is -3.42. The van der Waals surface area contributed by atoms with Crippen LogP contribution in [0, 0.1) is 19.8 Å². The van der Waals surface area contributed by atoms with Crippen molar-refractivity contribution in [3.63, 3.8) is 0 Å². The number of hydrogen-bond donors (Lipinski definition) is 2. The van der Waals surface area contributed by atoms with Crippen LogP contribution >= 0.6 is 0 Å². The number of aromatic amines is 1. The second kappa shape index (κ2) is 8.74. The predicted molar refractivity (Wildman–Crippen MR) is 130 cm³/mol. The summed E-state index contributed by atoms with van der Waals surface area (Å²) in [5, 5.41) is 3.11. The molecule has 34 heavy (non-hydrogen) atoms. The Labute approximate surface area is 199 Å². The van der Waals surface area contributed by atoms with Gasteiger partial charge in [0.25, 0.3) is 5.91 Å². The Balaban J connectivity index is 1.47. The molecule has 178 valence electrons. The highest BCUT2D eigenvalue weighted by Crippen LogP contribution is 2.37. The zero-order valence-electron chi connectivity index (χ0n) is 20.1. The van der Waals surface area contributed by atoms with Crippen LogP contribution in [0.25, 0.3) is 22.3 Å². The molecule has 1 aliphatic heterocycles. The Morgan fingerprint density at radius 1 is 1.24 bits per heavy atom. The molecule has 1 saturated carbocycles. The van der Waals surface area contributed by atoms with Crippen molar-refractivity contribution in [2.45, 2.75) is 59.0 Å². The SMILES string of the molecule is CC(=O)N1C[C@H](NC(=O)c2c(C)[nH]c3c(-c4cc(C)ccc4OCC4CC4)ncnc23)C[C@H]1C. The van der Waals surface area contributed by atoms with Crippen LogP contribution in [-0.4, -0.2) is 56.9 Å². The van der Waals surface area contributed by atoms with Gasteiger partial charge in [-0.1, -0.05) is 11.6 Å². The molecule has 2 fully saturated rings. The number of aryl methyl sites for hydroxylation is 2. The summed E-state index contributed by atoms with van der Waals surface area (Å²) >= 11 is 0. The van der Waals surface area contributed by atoms with Gasteiger partial charge in [-0.25, -0.2) is 9.97 Å². The second-order valence-corrected chi connectivity index (χ2v) is 9.75. The molecule has 3 heterocycles. The summed E-state index contributed by atoms with van der Waals surface area (Å²) in [7, 11) is 0. The third-order valence-electron chi connectivity index (χ3n) is 6.87. The molecule has 2 N–H and O–H groups in total. The van der Waals surface area contributed by atoms with E-state index in [-0.39, 0.29) is 23.9 Å². The van der Waals surface area contributed by atoms with Gasteiger partial charge in [0.15, 0.2) is 0 Å². The van der Waals surface area contributed by atoms with Gasteiger partial charge in [-0.3, -0.25) is 9.59 Å². The fourth-order valence-corrected chi connectivity index (χ4v) is 4.88. The molecule has 3 aromatic rings. The molecule has 2 atom stereocenters. The first-order valence-corrected chi connectivity index (χ1v) is 12.0. The van der Waals surface area contributed by atoms with Crippen LogP contribution in [0.4, 0.5) is 0 Å². The number of nitrogens with zero attached hydrogens (tertiary/aromatic N) is 3. The maximum absolute atomic E-state index is 13.3. The van der Waals surface area contributed by atoms with Crippen LogP contribution in [0.1, 0.15) is 54.7 Å². The molecule has 1 aromatic carbocycles. The summed E-state index contributed by atoms with van der Waals surface area (Å²) in [6.07, 6.45) is 4.68. The van der Waals surface area contributed by atoms with Gasteiger partial charge in [0, 0.05) is 36.8 Å². The zero-order valence-corrected chi connectivity index (χ0v) is 20.1. The van der Waals surface area contributed by atoms with Crippen molar-refractivity contribution in [1.82, 2.24) is 25.2 Å². The van der Waals surface area contributed by atoms with Crippen molar-refractivity contribution in [1.29, 1.82) is 0 Å². The molecule has 0 radical (unpaired) electrons. The molecule has 0 spiro atoms. The van der Waals surface area contributed by atoms with Gasteiger partial charge < -0.3 is 19.9 Å². The maximum Gasteiger partial charge on any atom is 0.255 e. The van der Waals surface area contributed by atoms with Gasteiger partial charge >= 0.3 is 0 Å². The van der Waals surface area contributed by atoms with E-state index >= 15 is 0 Å². The topological polar surface area (TPSA) is 100 Å². The lowest BCUT2D eigenvalue weighted by Crippen LogP contribution is -2.38. The first kappa shape index (κ1) is 22.4. The fourth-order valence-electron chi connectivity index (χ4n) is 4.88. The number of carbonyl (C=O) groups excluding carboxylic acids is 2. The molecule has 2 amide bonds. The van der Waals surface area contributed by atoms with Gasteiger partial charge in [0.05, 0.1) is 17.7 Å². The van der Waals surface area contributed by atoms with Crippen LogP contribution in [0.3, 0.4) is 0 Å².